The van der Waals surface area contributed by atoms with Crippen molar-refractivity contribution in [3.63, 3.8) is 0 Å². The Kier molecular flexibility index (Phi) is 6.65. The number of hydrazine groups is 1. The van der Waals surface area contributed by atoms with Crippen molar-refractivity contribution < 1.29 is 19.3 Å². The van der Waals surface area contributed by atoms with E-state index < -0.39 is 22.8 Å². The summed E-state index contributed by atoms with van der Waals surface area (Å²) in [4.78, 5) is 46.3. The van der Waals surface area contributed by atoms with Gasteiger partial charge in [0.05, 0.1) is 4.92 Å². The van der Waals surface area contributed by atoms with Crippen LogP contribution in [0.4, 0.5) is 5.69 Å². The first-order chi connectivity index (χ1) is 12.4. The molecule has 140 valence electrons. The van der Waals surface area contributed by atoms with Crippen LogP contribution >= 0.6 is 0 Å². The highest BCUT2D eigenvalue weighted by Gasteiger charge is 2.23. The average molecular weight is 362 g/mol. The molecule has 0 aromatic heterocycles. The maximum atomic E-state index is 12.1. The number of benzene rings is 1. The van der Waals surface area contributed by atoms with E-state index >= 15 is 0 Å². The van der Waals surface area contributed by atoms with Crippen molar-refractivity contribution in [3.05, 3.63) is 39.9 Å². The molecule has 9 heteroatoms. The second kappa shape index (κ2) is 8.93. The molecule has 1 aromatic carbocycles. The minimum Gasteiger partial charge on any atom is -0.340 e. The van der Waals surface area contributed by atoms with E-state index in [2.05, 4.69) is 16.2 Å². The lowest BCUT2D eigenvalue weighted by Crippen LogP contribution is -2.52. The number of hydrogen-bond acceptors (Lipinski definition) is 5. The second-order valence-electron chi connectivity index (χ2n) is 6.32. The monoisotopic (exact) mass is 362 g/mol. The van der Waals surface area contributed by atoms with Gasteiger partial charge in [-0.05, 0) is 25.8 Å². The van der Waals surface area contributed by atoms with Gasteiger partial charge in [0, 0.05) is 23.6 Å². The zero-order valence-corrected chi connectivity index (χ0v) is 14.5. The third-order valence-corrected chi connectivity index (χ3v) is 4.34. The number of nitrogens with one attached hydrogen (secondary N) is 3. The van der Waals surface area contributed by atoms with Crippen LogP contribution in [0.2, 0.25) is 0 Å². The molecule has 1 aliphatic carbocycles. The molecule has 1 atom stereocenters. The van der Waals surface area contributed by atoms with Crippen LogP contribution in [0.5, 0.6) is 0 Å². The number of hydrogen-bond donors (Lipinski definition) is 3. The van der Waals surface area contributed by atoms with Gasteiger partial charge in [-0.15, -0.1) is 0 Å². The number of nitro groups is 1. The maximum absolute atomic E-state index is 12.1. The Hall–Kier alpha value is -2.97. The first kappa shape index (κ1) is 19.4. The van der Waals surface area contributed by atoms with Gasteiger partial charge in [-0.25, -0.2) is 0 Å². The summed E-state index contributed by atoms with van der Waals surface area (Å²) in [5.41, 5.74) is 4.56. The summed E-state index contributed by atoms with van der Waals surface area (Å²) in [5, 5.41) is 13.2. The summed E-state index contributed by atoms with van der Waals surface area (Å²) in [7, 11) is 0. The zero-order valence-electron chi connectivity index (χ0n) is 14.5. The van der Waals surface area contributed by atoms with Crippen LogP contribution in [-0.4, -0.2) is 28.7 Å². The van der Waals surface area contributed by atoms with Crippen LogP contribution in [0.15, 0.2) is 24.3 Å². The molecule has 0 aliphatic heterocycles. The zero-order chi connectivity index (χ0) is 19.1. The molecule has 1 aliphatic rings. The van der Waals surface area contributed by atoms with E-state index in [-0.39, 0.29) is 23.1 Å². The summed E-state index contributed by atoms with van der Waals surface area (Å²) >= 11 is 0. The number of carbonyl (C=O) groups is 3. The molecule has 3 amide bonds. The standard InChI is InChI=1S/C17H22N4O5/c1-11(15(22)19-20-17(24)12-6-3-2-4-7-12)18-16(23)13-8-5-9-14(10-13)21(25)26/h5,8-12H,2-4,6-7H2,1H3,(H,18,23)(H,19,22)(H,20,24)/t11-/m0/s1. The van der Waals surface area contributed by atoms with Gasteiger partial charge in [-0.1, -0.05) is 25.3 Å². The lowest BCUT2D eigenvalue weighted by atomic mass is 9.89. The van der Waals surface area contributed by atoms with Crippen molar-refractivity contribution in [2.24, 2.45) is 5.92 Å². The van der Waals surface area contributed by atoms with Crippen LogP contribution in [0.1, 0.15) is 49.4 Å². The first-order valence-electron chi connectivity index (χ1n) is 8.53. The van der Waals surface area contributed by atoms with E-state index in [4.69, 9.17) is 0 Å². The number of non-ortho nitro benzene ring substituents is 1. The van der Waals surface area contributed by atoms with Gasteiger partial charge in [0.15, 0.2) is 0 Å². The topological polar surface area (TPSA) is 130 Å². The number of amides is 3. The van der Waals surface area contributed by atoms with Gasteiger partial charge >= 0.3 is 0 Å². The third kappa shape index (κ3) is 5.27. The quantitative estimate of drug-likeness (QED) is 0.539. The highest BCUT2D eigenvalue weighted by Crippen LogP contribution is 2.23. The summed E-state index contributed by atoms with van der Waals surface area (Å²) < 4.78 is 0. The number of rotatable bonds is 5. The Labute approximate surface area is 150 Å². The fourth-order valence-corrected chi connectivity index (χ4v) is 2.80. The van der Waals surface area contributed by atoms with Crippen molar-refractivity contribution in [3.8, 4) is 0 Å². The van der Waals surface area contributed by atoms with E-state index in [9.17, 15) is 24.5 Å². The van der Waals surface area contributed by atoms with Crippen molar-refractivity contribution >= 4 is 23.4 Å². The molecule has 9 nitrogen and oxygen atoms in total. The molecular formula is C17H22N4O5. The number of carbonyl (C=O) groups excluding carboxylic acids is 3. The van der Waals surface area contributed by atoms with Gasteiger partial charge in [0.25, 0.3) is 17.5 Å². The Morgan fingerprint density at radius 2 is 1.85 bits per heavy atom. The fourth-order valence-electron chi connectivity index (χ4n) is 2.80. The Morgan fingerprint density at radius 3 is 2.50 bits per heavy atom. The van der Waals surface area contributed by atoms with Gasteiger partial charge in [-0.3, -0.25) is 35.3 Å². The predicted octanol–water partition coefficient (Wildman–Crippen LogP) is 1.44. The minimum atomic E-state index is -0.923. The van der Waals surface area contributed by atoms with E-state index in [0.29, 0.717) is 0 Å². The van der Waals surface area contributed by atoms with Crippen molar-refractivity contribution in [2.75, 3.05) is 0 Å². The SMILES string of the molecule is C[C@H](NC(=O)c1cccc([N+](=O)[O-])c1)C(=O)NNC(=O)C1CCCCC1. The predicted molar refractivity (Wildman–Crippen MR) is 92.9 cm³/mol. The molecule has 1 fully saturated rings. The number of nitro benzene ring substituents is 1. The summed E-state index contributed by atoms with van der Waals surface area (Å²) in [6, 6.07) is 4.28. The van der Waals surface area contributed by atoms with Crippen LogP contribution in [0, 0.1) is 16.0 Å². The van der Waals surface area contributed by atoms with Crippen molar-refractivity contribution in [1.29, 1.82) is 0 Å². The Bertz CT molecular complexity index is 700. The maximum Gasteiger partial charge on any atom is 0.270 e. The molecule has 0 unspecified atom stereocenters. The van der Waals surface area contributed by atoms with Gasteiger partial charge in [-0.2, -0.15) is 0 Å². The van der Waals surface area contributed by atoms with E-state index in [1.54, 1.807) is 0 Å². The van der Waals surface area contributed by atoms with Gasteiger partial charge in [0.2, 0.25) is 5.91 Å². The third-order valence-electron chi connectivity index (χ3n) is 4.34. The van der Waals surface area contributed by atoms with Gasteiger partial charge < -0.3 is 5.32 Å². The summed E-state index contributed by atoms with van der Waals surface area (Å²) in [6.45, 7) is 1.46. The van der Waals surface area contributed by atoms with Crippen LogP contribution in [0.3, 0.4) is 0 Å². The molecular weight excluding hydrogens is 340 g/mol. The summed E-state index contributed by atoms with van der Waals surface area (Å²) in [6.07, 6.45) is 4.74. The molecule has 0 saturated heterocycles. The normalized spacial score (nSPS) is 15.6. The Balaban J connectivity index is 1.84. The lowest BCUT2D eigenvalue weighted by Gasteiger charge is -2.21. The Morgan fingerprint density at radius 1 is 1.15 bits per heavy atom. The molecule has 26 heavy (non-hydrogen) atoms. The van der Waals surface area contributed by atoms with Crippen LogP contribution in [-0.2, 0) is 9.59 Å². The van der Waals surface area contributed by atoms with Crippen LogP contribution < -0.4 is 16.2 Å². The smallest absolute Gasteiger partial charge is 0.270 e. The largest absolute Gasteiger partial charge is 0.340 e. The molecule has 0 bridgehead atoms. The van der Waals surface area contributed by atoms with Crippen molar-refractivity contribution in [2.45, 2.75) is 45.1 Å². The molecule has 2 rings (SSSR count). The molecule has 0 spiro atoms. The lowest BCUT2D eigenvalue weighted by molar-refractivity contribution is -0.384. The van der Waals surface area contributed by atoms with E-state index in [1.807, 2.05) is 0 Å². The molecule has 1 aromatic rings. The van der Waals surface area contributed by atoms with E-state index in [0.717, 1.165) is 38.2 Å². The molecule has 0 radical (unpaired) electrons. The highest BCUT2D eigenvalue weighted by molar-refractivity contribution is 5.98. The van der Waals surface area contributed by atoms with Crippen LogP contribution in [0.25, 0.3) is 0 Å². The minimum absolute atomic E-state index is 0.0742. The number of nitrogens with zero attached hydrogens (tertiary/aromatic N) is 1. The molecule has 0 heterocycles. The highest BCUT2D eigenvalue weighted by atomic mass is 16.6. The summed E-state index contributed by atoms with van der Waals surface area (Å²) in [5.74, 6) is -1.52. The first-order valence-corrected chi connectivity index (χ1v) is 8.53. The molecule has 3 N–H and O–H groups in total. The average Bonchev–Trinajstić information content (AvgIpc) is 2.66. The van der Waals surface area contributed by atoms with E-state index in [1.165, 1.54) is 25.1 Å². The second-order valence-corrected chi connectivity index (χ2v) is 6.32. The van der Waals surface area contributed by atoms with Crippen molar-refractivity contribution in [1.82, 2.24) is 16.2 Å². The fraction of sp³-hybridized carbons (Fsp3) is 0.471. The van der Waals surface area contributed by atoms with Gasteiger partial charge in [0.1, 0.15) is 6.04 Å². The molecule has 1 saturated carbocycles.